The molecule has 6 nitrogen and oxygen atoms in total. The molecule has 1 rings (SSSR count). The van der Waals surface area contributed by atoms with E-state index in [9.17, 15) is 9.59 Å². The van der Waals surface area contributed by atoms with Gasteiger partial charge in [-0.15, -0.1) is 0 Å². The molecule has 1 amide bonds. The Kier molecular flexibility index (Phi) is 9.54. The van der Waals surface area contributed by atoms with E-state index in [1.54, 1.807) is 24.3 Å². The minimum absolute atomic E-state index is 0.0872. The van der Waals surface area contributed by atoms with Gasteiger partial charge in [0.05, 0.1) is 6.61 Å². The van der Waals surface area contributed by atoms with Gasteiger partial charge in [0.2, 0.25) is 5.91 Å². The second-order valence-corrected chi connectivity index (χ2v) is 6.40. The highest BCUT2D eigenvalue weighted by atomic mass is 32.1. The van der Waals surface area contributed by atoms with E-state index in [-0.39, 0.29) is 24.5 Å². The summed E-state index contributed by atoms with van der Waals surface area (Å²) >= 11 is 5.05. The van der Waals surface area contributed by atoms with Crippen LogP contribution in [0.2, 0.25) is 0 Å². The van der Waals surface area contributed by atoms with Gasteiger partial charge in [-0.1, -0.05) is 13.8 Å². The average molecular weight is 365 g/mol. The molecule has 0 saturated carbocycles. The lowest BCUT2D eigenvalue weighted by atomic mass is 10.1. The third-order valence-electron chi connectivity index (χ3n) is 3.39. The molecule has 138 valence electrons. The Labute approximate surface area is 154 Å². The molecule has 0 aliphatic rings. The van der Waals surface area contributed by atoms with Crippen molar-refractivity contribution in [2.75, 3.05) is 13.2 Å². The number of nitrogens with one attached hydrogen (secondary N) is 3. The monoisotopic (exact) mass is 365 g/mol. The van der Waals surface area contributed by atoms with Gasteiger partial charge in [0, 0.05) is 24.9 Å². The van der Waals surface area contributed by atoms with Crippen molar-refractivity contribution >= 4 is 29.0 Å². The van der Waals surface area contributed by atoms with Crippen molar-refractivity contribution in [2.45, 2.75) is 40.0 Å². The average Bonchev–Trinajstić information content (AvgIpc) is 2.58. The number of hydrazine groups is 1. The van der Waals surface area contributed by atoms with E-state index in [1.165, 1.54) is 0 Å². The van der Waals surface area contributed by atoms with Crippen LogP contribution in [0.3, 0.4) is 0 Å². The fraction of sp³-hybridized carbons (Fsp3) is 0.500. The first-order valence-corrected chi connectivity index (χ1v) is 8.92. The van der Waals surface area contributed by atoms with Crippen molar-refractivity contribution in [3.63, 3.8) is 0 Å². The highest BCUT2D eigenvalue weighted by Crippen LogP contribution is 2.13. The molecule has 0 saturated heterocycles. The molecule has 0 spiro atoms. The molecule has 3 N–H and O–H groups in total. The van der Waals surface area contributed by atoms with Crippen LogP contribution >= 0.6 is 12.2 Å². The zero-order valence-electron chi connectivity index (χ0n) is 15.1. The highest BCUT2D eigenvalue weighted by Gasteiger charge is 2.10. The van der Waals surface area contributed by atoms with Crippen LogP contribution in [0.4, 0.5) is 0 Å². The number of benzene rings is 1. The van der Waals surface area contributed by atoms with Gasteiger partial charge in [-0.25, -0.2) is 0 Å². The van der Waals surface area contributed by atoms with E-state index in [2.05, 4.69) is 30.0 Å². The molecular formula is C18H27N3O3S. The highest BCUT2D eigenvalue weighted by molar-refractivity contribution is 7.80. The number of carbonyl (C=O) groups excluding carboxylic acids is 2. The Balaban J connectivity index is 2.26. The number of hydrogen-bond donors (Lipinski definition) is 3. The molecule has 1 aromatic carbocycles. The number of ether oxygens (including phenoxy) is 1. The summed E-state index contributed by atoms with van der Waals surface area (Å²) in [6.45, 7) is 7.48. The van der Waals surface area contributed by atoms with Crippen molar-refractivity contribution in [3.8, 4) is 5.75 Å². The maximum Gasteiger partial charge on any atom is 0.238 e. The summed E-state index contributed by atoms with van der Waals surface area (Å²) in [5.41, 5.74) is 5.69. The van der Waals surface area contributed by atoms with E-state index in [0.717, 1.165) is 18.7 Å². The van der Waals surface area contributed by atoms with Crippen molar-refractivity contribution in [1.29, 1.82) is 0 Å². The fourth-order valence-electron chi connectivity index (χ4n) is 1.98. The van der Waals surface area contributed by atoms with E-state index in [4.69, 9.17) is 17.0 Å². The Bertz CT molecular complexity index is 573. The zero-order valence-corrected chi connectivity index (χ0v) is 15.9. The quantitative estimate of drug-likeness (QED) is 0.355. The number of rotatable bonds is 9. The molecule has 7 heteroatoms. The minimum atomic E-state index is -0.285. The van der Waals surface area contributed by atoms with Crippen LogP contribution in [0, 0.1) is 5.92 Å². The van der Waals surface area contributed by atoms with Gasteiger partial charge >= 0.3 is 0 Å². The normalized spacial score (nSPS) is 10.2. The van der Waals surface area contributed by atoms with E-state index in [1.807, 2.05) is 6.92 Å². The van der Waals surface area contributed by atoms with Crippen molar-refractivity contribution < 1.29 is 14.3 Å². The molecule has 0 heterocycles. The second kappa shape index (κ2) is 11.4. The molecule has 0 bridgehead atoms. The number of hydrogen-bond acceptors (Lipinski definition) is 4. The second-order valence-electron chi connectivity index (χ2n) is 5.99. The lowest BCUT2D eigenvalue weighted by molar-refractivity contribution is -0.121. The Hall–Kier alpha value is -2.15. The van der Waals surface area contributed by atoms with Crippen molar-refractivity contribution in [3.05, 3.63) is 29.8 Å². The summed E-state index contributed by atoms with van der Waals surface area (Å²) in [6.07, 6.45) is 1.22. The predicted molar refractivity (Wildman–Crippen MR) is 103 cm³/mol. The van der Waals surface area contributed by atoms with Gasteiger partial charge in [-0.2, -0.15) is 0 Å². The SMILES string of the molecule is CCOc1ccc(C(=O)CCC(=O)NNC(=S)NCCC(C)C)cc1. The molecule has 25 heavy (non-hydrogen) atoms. The van der Waals surface area contributed by atoms with Crippen molar-refractivity contribution in [1.82, 2.24) is 16.2 Å². The Morgan fingerprint density at radius 1 is 1.12 bits per heavy atom. The number of ketones is 1. The molecule has 0 aromatic heterocycles. The van der Waals surface area contributed by atoms with Crippen molar-refractivity contribution in [2.24, 2.45) is 5.92 Å². The third-order valence-corrected chi connectivity index (χ3v) is 3.64. The van der Waals surface area contributed by atoms with Crippen LogP contribution in [-0.2, 0) is 4.79 Å². The van der Waals surface area contributed by atoms with Gasteiger partial charge in [-0.3, -0.25) is 20.4 Å². The van der Waals surface area contributed by atoms with Crippen LogP contribution in [0.5, 0.6) is 5.75 Å². The largest absolute Gasteiger partial charge is 0.494 e. The number of amides is 1. The van der Waals surface area contributed by atoms with Crippen LogP contribution in [0.25, 0.3) is 0 Å². The zero-order chi connectivity index (χ0) is 18.7. The Morgan fingerprint density at radius 2 is 1.80 bits per heavy atom. The van der Waals surface area contributed by atoms with Gasteiger partial charge in [-0.05, 0) is 55.7 Å². The van der Waals surface area contributed by atoms with E-state index < -0.39 is 0 Å². The van der Waals surface area contributed by atoms with E-state index in [0.29, 0.717) is 23.2 Å². The van der Waals surface area contributed by atoms with E-state index >= 15 is 0 Å². The first kappa shape index (κ1) is 20.9. The topological polar surface area (TPSA) is 79.5 Å². The first-order valence-electron chi connectivity index (χ1n) is 8.51. The number of carbonyl (C=O) groups is 2. The minimum Gasteiger partial charge on any atom is -0.494 e. The standard InChI is InChI=1S/C18H27N3O3S/c1-4-24-15-7-5-14(6-8-15)16(22)9-10-17(23)20-21-18(25)19-12-11-13(2)3/h5-8,13H,4,9-12H2,1-3H3,(H,20,23)(H2,19,21,25). The van der Waals surface area contributed by atoms with Crippen LogP contribution in [0.15, 0.2) is 24.3 Å². The van der Waals surface area contributed by atoms with Crippen LogP contribution < -0.4 is 20.9 Å². The van der Waals surface area contributed by atoms with Crippen LogP contribution in [0.1, 0.15) is 50.4 Å². The Morgan fingerprint density at radius 3 is 2.40 bits per heavy atom. The summed E-state index contributed by atoms with van der Waals surface area (Å²) in [4.78, 5) is 23.9. The molecule has 0 atom stereocenters. The lowest BCUT2D eigenvalue weighted by Gasteiger charge is -2.12. The molecule has 0 aliphatic heterocycles. The first-order chi connectivity index (χ1) is 11.9. The maximum atomic E-state index is 12.1. The number of thiocarbonyl (C=S) groups is 1. The smallest absolute Gasteiger partial charge is 0.238 e. The summed E-state index contributed by atoms with van der Waals surface area (Å²) in [5.74, 6) is 0.932. The molecule has 0 fully saturated rings. The van der Waals surface area contributed by atoms with Gasteiger partial charge in [0.25, 0.3) is 0 Å². The molecule has 0 unspecified atom stereocenters. The van der Waals surface area contributed by atoms with Crippen LogP contribution in [-0.4, -0.2) is 30.0 Å². The lowest BCUT2D eigenvalue weighted by Crippen LogP contribution is -2.47. The van der Waals surface area contributed by atoms with Gasteiger partial charge in [0.15, 0.2) is 10.9 Å². The fourth-order valence-corrected chi connectivity index (χ4v) is 2.14. The summed E-state index contributed by atoms with van der Waals surface area (Å²) < 4.78 is 5.33. The molecule has 1 aromatic rings. The summed E-state index contributed by atoms with van der Waals surface area (Å²) in [5, 5.41) is 3.37. The van der Waals surface area contributed by atoms with Gasteiger partial charge < -0.3 is 10.1 Å². The molecule has 0 aliphatic carbocycles. The summed E-state index contributed by atoms with van der Waals surface area (Å²) in [6, 6.07) is 6.91. The maximum absolute atomic E-state index is 12.1. The predicted octanol–water partition coefficient (Wildman–Crippen LogP) is 2.59. The molecular weight excluding hydrogens is 338 g/mol. The number of Topliss-reactive ketones (excluding diaryl/α,β-unsaturated/α-hetero) is 1. The third kappa shape index (κ3) is 9.05. The van der Waals surface area contributed by atoms with Gasteiger partial charge in [0.1, 0.15) is 5.75 Å². The summed E-state index contributed by atoms with van der Waals surface area (Å²) in [7, 11) is 0. The molecule has 0 radical (unpaired) electrons.